The van der Waals surface area contributed by atoms with Gasteiger partial charge < -0.3 is 15.1 Å². The first-order valence-electron chi connectivity index (χ1n) is 6.06. The minimum atomic E-state index is -2.44. The average molecular weight is 333 g/mol. The van der Waals surface area contributed by atoms with Crippen molar-refractivity contribution in [3.05, 3.63) is 24.3 Å². The molecular formula is C13H17F2N3OS2. The highest BCUT2D eigenvalue weighted by Gasteiger charge is 2.11. The van der Waals surface area contributed by atoms with Gasteiger partial charge in [0, 0.05) is 31.7 Å². The van der Waals surface area contributed by atoms with Crippen molar-refractivity contribution in [2.45, 2.75) is 10.7 Å². The lowest BCUT2D eigenvalue weighted by atomic mass is 10.3. The first-order chi connectivity index (χ1) is 9.79. The number of nitrogens with one attached hydrogen (secondary N) is 1. The van der Waals surface area contributed by atoms with E-state index < -0.39 is 5.76 Å². The number of carbonyl (C=O) groups is 1. The second-order valence-corrected chi connectivity index (χ2v) is 5.93. The first kappa shape index (κ1) is 17.6. The molecule has 8 heteroatoms. The zero-order valence-corrected chi connectivity index (χ0v) is 13.6. The van der Waals surface area contributed by atoms with E-state index in [1.807, 2.05) is 0 Å². The van der Waals surface area contributed by atoms with Crippen LogP contribution in [0.5, 0.6) is 0 Å². The zero-order chi connectivity index (χ0) is 16.0. The third-order valence-corrected chi connectivity index (χ3v) is 3.68. The van der Waals surface area contributed by atoms with E-state index in [-0.39, 0.29) is 12.5 Å². The summed E-state index contributed by atoms with van der Waals surface area (Å²) in [6, 6.07) is 6.51. The number of amides is 1. The third-order valence-electron chi connectivity index (χ3n) is 2.55. The topological polar surface area (TPSA) is 35.6 Å². The van der Waals surface area contributed by atoms with Crippen LogP contribution in [0.4, 0.5) is 14.5 Å². The SMILES string of the molecule is CN(C)C(=O)CN(C)C(=S)Nc1ccc(SC(F)F)cc1. The standard InChI is InChI=1S/C13H17F2N3OS2/c1-17(2)11(19)8-18(3)13(20)16-9-4-6-10(7-5-9)21-12(14)15/h4-7,12H,8H2,1-3H3,(H,16,20). The molecule has 21 heavy (non-hydrogen) atoms. The molecule has 1 amide bonds. The molecule has 0 aliphatic carbocycles. The Balaban J connectivity index is 2.56. The molecule has 116 valence electrons. The number of nitrogens with zero attached hydrogens (tertiary/aromatic N) is 2. The lowest BCUT2D eigenvalue weighted by Crippen LogP contribution is -2.39. The summed E-state index contributed by atoms with van der Waals surface area (Å²) in [7, 11) is 5.05. The number of rotatable bonds is 5. The summed E-state index contributed by atoms with van der Waals surface area (Å²) in [5, 5.41) is 3.34. The van der Waals surface area contributed by atoms with E-state index in [0.29, 0.717) is 27.5 Å². The van der Waals surface area contributed by atoms with Crippen LogP contribution < -0.4 is 5.32 Å². The Kier molecular flexibility index (Phi) is 6.83. The maximum atomic E-state index is 12.2. The number of likely N-dealkylation sites (N-methyl/N-ethyl adjacent to an activating group) is 2. The zero-order valence-electron chi connectivity index (χ0n) is 12.0. The molecule has 0 atom stereocenters. The van der Waals surface area contributed by atoms with E-state index in [4.69, 9.17) is 12.2 Å². The predicted molar refractivity (Wildman–Crippen MR) is 85.8 cm³/mol. The minimum Gasteiger partial charge on any atom is -0.347 e. The van der Waals surface area contributed by atoms with Crippen LogP contribution in [0, 0.1) is 0 Å². The Labute approximate surface area is 132 Å². The van der Waals surface area contributed by atoms with Gasteiger partial charge in [-0.15, -0.1) is 0 Å². The smallest absolute Gasteiger partial charge is 0.288 e. The van der Waals surface area contributed by atoms with Crippen LogP contribution >= 0.6 is 24.0 Å². The minimum absolute atomic E-state index is 0.0645. The van der Waals surface area contributed by atoms with Crippen LogP contribution in [-0.2, 0) is 4.79 Å². The summed E-state index contributed by atoms with van der Waals surface area (Å²) >= 11 is 5.67. The molecule has 4 nitrogen and oxygen atoms in total. The van der Waals surface area contributed by atoms with Crippen molar-refractivity contribution in [1.29, 1.82) is 0 Å². The maximum Gasteiger partial charge on any atom is 0.288 e. The van der Waals surface area contributed by atoms with Gasteiger partial charge in [0.15, 0.2) is 5.11 Å². The van der Waals surface area contributed by atoms with Crippen molar-refractivity contribution in [2.24, 2.45) is 0 Å². The number of alkyl halides is 2. The van der Waals surface area contributed by atoms with Crippen molar-refractivity contribution in [3.8, 4) is 0 Å². The van der Waals surface area contributed by atoms with Crippen molar-refractivity contribution in [3.63, 3.8) is 0 Å². The van der Waals surface area contributed by atoms with E-state index in [1.165, 1.54) is 4.90 Å². The molecule has 0 unspecified atom stereocenters. The fraction of sp³-hybridized carbons (Fsp3) is 0.385. The Morgan fingerprint density at radius 3 is 2.33 bits per heavy atom. The average Bonchev–Trinajstić information content (AvgIpc) is 2.40. The number of anilines is 1. The van der Waals surface area contributed by atoms with Gasteiger partial charge in [-0.1, -0.05) is 11.8 Å². The van der Waals surface area contributed by atoms with E-state index >= 15 is 0 Å². The van der Waals surface area contributed by atoms with Crippen molar-refractivity contribution in [2.75, 3.05) is 33.0 Å². The number of benzene rings is 1. The van der Waals surface area contributed by atoms with Gasteiger partial charge in [-0.05, 0) is 36.5 Å². The van der Waals surface area contributed by atoms with Gasteiger partial charge in [0.2, 0.25) is 5.91 Å². The van der Waals surface area contributed by atoms with E-state index in [1.54, 1.807) is 50.3 Å². The van der Waals surface area contributed by atoms with E-state index in [0.717, 1.165) is 0 Å². The summed E-state index contributed by atoms with van der Waals surface area (Å²) in [5.74, 6) is -2.50. The highest BCUT2D eigenvalue weighted by molar-refractivity contribution is 7.99. The molecule has 0 bridgehead atoms. The van der Waals surface area contributed by atoms with Gasteiger partial charge >= 0.3 is 0 Å². The Morgan fingerprint density at radius 2 is 1.86 bits per heavy atom. The van der Waals surface area contributed by atoms with Crippen LogP contribution in [0.1, 0.15) is 0 Å². The molecule has 0 heterocycles. The summed E-state index contributed by atoms with van der Waals surface area (Å²) in [4.78, 5) is 15.2. The highest BCUT2D eigenvalue weighted by atomic mass is 32.2. The lowest BCUT2D eigenvalue weighted by molar-refractivity contribution is -0.128. The molecule has 0 radical (unpaired) electrons. The molecule has 0 aromatic heterocycles. The largest absolute Gasteiger partial charge is 0.347 e. The molecule has 0 saturated heterocycles. The number of hydrogen-bond acceptors (Lipinski definition) is 3. The van der Waals surface area contributed by atoms with Gasteiger partial charge in [-0.3, -0.25) is 4.79 Å². The monoisotopic (exact) mass is 333 g/mol. The second-order valence-electron chi connectivity index (χ2n) is 4.48. The fourth-order valence-electron chi connectivity index (χ4n) is 1.35. The first-order valence-corrected chi connectivity index (χ1v) is 7.35. The number of carbonyl (C=O) groups excluding carboxylic acids is 1. The van der Waals surface area contributed by atoms with Crippen LogP contribution in [0.3, 0.4) is 0 Å². The highest BCUT2D eigenvalue weighted by Crippen LogP contribution is 2.26. The van der Waals surface area contributed by atoms with Gasteiger partial charge in [-0.25, -0.2) is 0 Å². The molecule has 0 aliphatic rings. The summed E-state index contributed by atoms with van der Waals surface area (Å²) in [6.45, 7) is 0.165. The van der Waals surface area contributed by atoms with Crippen LogP contribution in [0.2, 0.25) is 0 Å². The van der Waals surface area contributed by atoms with Gasteiger partial charge in [0.05, 0.1) is 6.54 Å². The number of hydrogen-bond donors (Lipinski definition) is 1. The molecule has 1 N–H and O–H groups in total. The summed E-state index contributed by atoms with van der Waals surface area (Å²) in [6.07, 6.45) is 0. The molecule has 1 aromatic carbocycles. The predicted octanol–water partition coefficient (Wildman–Crippen LogP) is 2.72. The van der Waals surface area contributed by atoms with E-state index in [2.05, 4.69) is 5.32 Å². The maximum absolute atomic E-state index is 12.2. The number of halogens is 2. The Bertz CT molecular complexity index is 495. The lowest BCUT2D eigenvalue weighted by Gasteiger charge is -2.22. The van der Waals surface area contributed by atoms with Crippen LogP contribution in [0.15, 0.2) is 29.2 Å². The second kappa shape index (κ2) is 8.14. The molecule has 0 aliphatic heterocycles. The van der Waals surface area contributed by atoms with Gasteiger partial charge in [0.25, 0.3) is 5.76 Å². The normalized spacial score (nSPS) is 10.4. The molecule has 0 spiro atoms. The molecule has 0 fully saturated rings. The fourth-order valence-corrected chi connectivity index (χ4v) is 2.04. The van der Waals surface area contributed by atoms with Crippen LogP contribution in [-0.4, -0.2) is 54.3 Å². The van der Waals surface area contributed by atoms with Gasteiger partial charge in [0.1, 0.15) is 0 Å². The summed E-state index contributed by atoms with van der Waals surface area (Å²) in [5.41, 5.74) is 0.683. The quantitative estimate of drug-likeness (QED) is 0.662. The van der Waals surface area contributed by atoms with Crippen LogP contribution in [0.25, 0.3) is 0 Å². The third kappa shape index (κ3) is 6.26. The van der Waals surface area contributed by atoms with E-state index in [9.17, 15) is 13.6 Å². The Morgan fingerprint density at radius 1 is 1.29 bits per heavy atom. The summed E-state index contributed by atoms with van der Waals surface area (Å²) < 4.78 is 24.4. The molecular weight excluding hydrogens is 316 g/mol. The molecule has 1 rings (SSSR count). The van der Waals surface area contributed by atoms with Crippen molar-refractivity contribution >= 4 is 40.7 Å². The number of thiocarbonyl (C=S) groups is 1. The van der Waals surface area contributed by atoms with Gasteiger partial charge in [-0.2, -0.15) is 8.78 Å². The molecule has 1 aromatic rings. The van der Waals surface area contributed by atoms with Crippen molar-refractivity contribution < 1.29 is 13.6 Å². The Hall–Kier alpha value is -1.41. The number of thioether (sulfide) groups is 1. The van der Waals surface area contributed by atoms with Crippen molar-refractivity contribution in [1.82, 2.24) is 9.80 Å². The molecule has 0 saturated carbocycles.